The topological polar surface area (TPSA) is 32.3 Å². The van der Waals surface area contributed by atoms with Crippen molar-refractivity contribution in [3.8, 4) is 0 Å². The fourth-order valence-corrected chi connectivity index (χ4v) is 1.39. The number of carbonyl (C=O) groups excluding carboxylic acids is 1. The van der Waals surface area contributed by atoms with Crippen molar-refractivity contribution in [2.24, 2.45) is 5.92 Å². The van der Waals surface area contributed by atoms with Gasteiger partial charge in [-0.15, -0.1) is 0 Å². The van der Waals surface area contributed by atoms with E-state index < -0.39 is 0 Å². The Labute approximate surface area is 74.1 Å². The normalized spacial score (nSPS) is 19.3. The quantitative estimate of drug-likeness (QED) is 0.665. The van der Waals surface area contributed by atoms with Gasteiger partial charge in [0, 0.05) is 13.1 Å². The summed E-state index contributed by atoms with van der Waals surface area (Å²) in [7, 11) is 3.69. The minimum atomic E-state index is 0.102. The van der Waals surface area contributed by atoms with Crippen molar-refractivity contribution in [2.45, 2.75) is 25.8 Å². The van der Waals surface area contributed by atoms with Crippen molar-refractivity contribution < 1.29 is 4.79 Å². The maximum atomic E-state index is 11.0. The van der Waals surface area contributed by atoms with Crippen molar-refractivity contribution in [3.05, 3.63) is 0 Å². The highest BCUT2D eigenvalue weighted by Gasteiger charge is 2.30. The molecule has 1 amide bonds. The Morgan fingerprint density at radius 2 is 2.25 bits per heavy atom. The van der Waals surface area contributed by atoms with Gasteiger partial charge in [0.1, 0.15) is 0 Å². The molecule has 0 spiro atoms. The van der Waals surface area contributed by atoms with E-state index in [2.05, 4.69) is 17.1 Å². The SMILES string of the molecule is CNC(=O)CN(C)[C@H](C)C1CC1. The molecule has 3 heteroatoms. The lowest BCUT2D eigenvalue weighted by Gasteiger charge is -2.23. The van der Waals surface area contributed by atoms with Crippen molar-refractivity contribution in [1.82, 2.24) is 10.2 Å². The molecule has 1 saturated carbocycles. The van der Waals surface area contributed by atoms with Crippen LogP contribution in [-0.4, -0.2) is 37.5 Å². The van der Waals surface area contributed by atoms with Crippen molar-refractivity contribution >= 4 is 5.91 Å². The number of hydrogen-bond acceptors (Lipinski definition) is 2. The van der Waals surface area contributed by atoms with E-state index in [4.69, 9.17) is 0 Å². The molecule has 0 aliphatic heterocycles. The Bertz CT molecular complexity index is 166. The summed E-state index contributed by atoms with van der Waals surface area (Å²) in [5, 5.41) is 2.63. The Morgan fingerprint density at radius 1 is 1.67 bits per heavy atom. The second-order valence-corrected chi connectivity index (χ2v) is 3.67. The van der Waals surface area contributed by atoms with Gasteiger partial charge in [0.15, 0.2) is 0 Å². The molecule has 3 nitrogen and oxygen atoms in total. The molecule has 0 heterocycles. The summed E-state index contributed by atoms with van der Waals surface area (Å²) >= 11 is 0. The summed E-state index contributed by atoms with van der Waals surface area (Å²) in [6, 6.07) is 0.558. The van der Waals surface area contributed by atoms with E-state index in [-0.39, 0.29) is 5.91 Å². The maximum absolute atomic E-state index is 11.0. The van der Waals surface area contributed by atoms with Crippen molar-refractivity contribution in [3.63, 3.8) is 0 Å². The van der Waals surface area contributed by atoms with E-state index in [1.807, 2.05) is 7.05 Å². The molecule has 1 rings (SSSR count). The fourth-order valence-electron chi connectivity index (χ4n) is 1.39. The third-order valence-electron chi connectivity index (χ3n) is 2.67. The molecule has 0 bridgehead atoms. The first-order valence-electron chi connectivity index (χ1n) is 4.56. The molecule has 0 aromatic carbocycles. The summed E-state index contributed by atoms with van der Waals surface area (Å²) in [4.78, 5) is 13.1. The van der Waals surface area contributed by atoms with E-state index in [1.54, 1.807) is 7.05 Å². The van der Waals surface area contributed by atoms with E-state index in [0.717, 1.165) is 5.92 Å². The first-order chi connectivity index (χ1) is 5.65. The number of nitrogens with one attached hydrogen (secondary N) is 1. The largest absolute Gasteiger partial charge is 0.358 e. The zero-order valence-corrected chi connectivity index (χ0v) is 8.13. The zero-order valence-electron chi connectivity index (χ0n) is 8.13. The lowest BCUT2D eigenvalue weighted by atomic mass is 10.2. The molecule has 1 fully saturated rings. The van der Waals surface area contributed by atoms with Gasteiger partial charge < -0.3 is 5.32 Å². The highest BCUT2D eigenvalue weighted by atomic mass is 16.1. The zero-order chi connectivity index (χ0) is 9.14. The van der Waals surface area contributed by atoms with Crippen LogP contribution in [-0.2, 0) is 4.79 Å². The monoisotopic (exact) mass is 170 g/mol. The highest BCUT2D eigenvalue weighted by Crippen LogP contribution is 2.34. The summed E-state index contributed by atoms with van der Waals surface area (Å²) in [5.41, 5.74) is 0. The van der Waals surface area contributed by atoms with E-state index in [0.29, 0.717) is 12.6 Å². The second-order valence-electron chi connectivity index (χ2n) is 3.67. The molecular weight excluding hydrogens is 152 g/mol. The first-order valence-corrected chi connectivity index (χ1v) is 4.56. The Balaban J connectivity index is 2.25. The molecule has 0 aromatic rings. The summed E-state index contributed by atoms with van der Waals surface area (Å²) in [6.07, 6.45) is 2.67. The predicted molar refractivity (Wildman–Crippen MR) is 48.9 cm³/mol. The predicted octanol–water partition coefficient (Wildman–Crippen LogP) is 0.463. The van der Waals surface area contributed by atoms with Crippen LogP contribution in [0.2, 0.25) is 0 Å². The van der Waals surface area contributed by atoms with E-state index in [9.17, 15) is 4.79 Å². The van der Waals surface area contributed by atoms with Gasteiger partial charge in [-0.05, 0) is 32.7 Å². The number of likely N-dealkylation sites (N-methyl/N-ethyl adjacent to an activating group) is 2. The standard InChI is InChI=1S/C9H18N2O/c1-7(8-4-5-8)11(3)6-9(12)10-2/h7-8H,4-6H2,1-3H3,(H,10,12)/t7-/m1/s1. The Kier molecular flexibility index (Phi) is 3.09. The van der Waals surface area contributed by atoms with Crippen LogP contribution in [0.5, 0.6) is 0 Å². The Hall–Kier alpha value is -0.570. The fraction of sp³-hybridized carbons (Fsp3) is 0.889. The van der Waals surface area contributed by atoms with Crippen LogP contribution in [0.3, 0.4) is 0 Å². The molecule has 1 aliphatic carbocycles. The van der Waals surface area contributed by atoms with Crippen LogP contribution < -0.4 is 5.32 Å². The van der Waals surface area contributed by atoms with Crippen LogP contribution in [0.15, 0.2) is 0 Å². The molecule has 0 aromatic heterocycles. The van der Waals surface area contributed by atoms with Crippen LogP contribution in [0, 0.1) is 5.92 Å². The van der Waals surface area contributed by atoms with Crippen LogP contribution in [0.4, 0.5) is 0 Å². The number of amides is 1. The average molecular weight is 170 g/mol. The molecule has 0 saturated heterocycles. The second kappa shape index (κ2) is 3.90. The highest BCUT2D eigenvalue weighted by molar-refractivity contribution is 5.77. The van der Waals surface area contributed by atoms with Crippen LogP contribution in [0.25, 0.3) is 0 Å². The van der Waals surface area contributed by atoms with Gasteiger partial charge in [0.25, 0.3) is 0 Å². The molecule has 0 unspecified atom stereocenters. The van der Waals surface area contributed by atoms with Gasteiger partial charge >= 0.3 is 0 Å². The number of rotatable bonds is 4. The lowest BCUT2D eigenvalue weighted by Crippen LogP contribution is -2.39. The summed E-state index contributed by atoms with van der Waals surface area (Å²) in [6.45, 7) is 2.72. The minimum Gasteiger partial charge on any atom is -0.358 e. The van der Waals surface area contributed by atoms with Crippen molar-refractivity contribution in [2.75, 3.05) is 20.6 Å². The average Bonchev–Trinajstić information content (AvgIpc) is 2.85. The van der Waals surface area contributed by atoms with Gasteiger partial charge in [-0.25, -0.2) is 0 Å². The first kappa shape index (κ1) is 9.52. The molecule has 0 radical (unpaired) electrons. The molecular formula is C9H18N2O. The molecule has 1 atom stereocenters. The molecule has 1 aliphatic rings. The van der Waals surface area contributed by atoms with Gasteiger partial charge in [-0.3, -0.25) is 9.69 Å². The van der Waals surface area contributed by atoms with E-state index in [1.165, 1.54) is 12.8 Å². The number of hydrogen-bond donors (Lipinski definition) is 1. The van der Waals surface area contributed by atoms with Gasteiger partial charge in [-0.1, -0.05) is 0 Å². The summed E-state index contributed by atoms with van der Waals surface area (Å²) < 4.78 is 0. The van der Waals surface area contributed by atoms with Crippen molar-refractivity contribution in [1.29, 1.82) is 0 Å². The third-order valence-corrected chi connectivity index (χ3v) is 2.67. The van der Waals surface area contributed by atoms with Gasteiger partial charge in [-0.2, -0.15) is 0 Å². The maximum Gasteiger partial charge on any atom is 0.233 e. The molecule has 70 valence electrons. The number of carbonyl (C=O) groups is 1. The van der Waals surface area contributed by atoms with Gasteiger partial charge in [0.05, 0.1) is 6.54 Å². The lowest BCUT2D eigenvalue weighted by molar-refractivity contribution is -0.121. The van der Waals surface area contributed by atoms with Gasteiger partial charge in [0.2, 0.25) is 5.91 Å². The molecule has 1 N–H and O–H groups in total. The van der Waals surface area contributed by atoms with Crippen LogP contribution >= 0.6 is 0 Å². The number of nitrogens with zero attached hydrogens (tertiary/aromatic N) is 1. The minimum absolute atomic E-state index is 0.102. The van der Waals surface area contributed by atoms with E-state index >= 15 is 0 Å². The third kappa shape index (κ3) is 2.48. The van der Waals surface area contributed by atoms with Crippen LogP contribution in [0.1, 0.15) is 19.8 Å². The summed E-state index contributed by atoms with van der Waals surface area (Å²) in [5.74, 6) is 0.935. The molecule has 12 heavy (non-hydrogen) atoms. The smallest absolute Gasteiger partial charge is 0.233 e. The Morgan fingerprint density at radius 3 is 2.67 bits per heavy atom.